The van der Waals surface area contributed by atoms with Gasteiger partial charge in [0.05, 0.1) is 13.1 Å². The van der Waals surface area contributed by atoms with E-state index in [1.165, 1.54) is 51.4 Å². The van der Waals surface area contributed by atoms with Gasteiger partial charge in [-0.2, -0.15) is 4.90 Å². The molecule has 0 atom stereocenters. The average Bonchev–Trinajstić information content (AvgIpc) is 2.60. The summed E-state index contributed by atoms with van der Waals surface area (Å²) >= 11 is 7.55. The first-order valence-electron chi connectivity index (χ1n) is 9.81. The Morgan fingerprint density at radius 1 is 0.917 bits per heavy atom. The highest BCUT2D eigenvalue weighted by atomic mass is 35.5. The number of carbonyl (C=O) groups excluding carboxylic acids is 1. The number of thioether (sulfide) groups is 1. The third kappa shape index (κ3) is 12.2. The summed E-state index contributed by atoms with van der Waals surface area (Å²) in [6, 6.07) is 0. The molecular weight excluding hydrogens is 340 g/mol. The Balaban J connectivity index is 4.51. The van der Waals surface area contributed by atoms with E-state index < -0.39 is 0 Å². The largest absolute Gasteiger partial charge is 0.324 e. The van der Waals surface area contributed by atoms with Crippen LogP contribution in [0.3, 0.4) is 0 Å². The topological polar surface area (TPSA) is 34.3 Å². The SMILES string of the molecule is CCCCCCC[NH+]=C(SCC)N(CCCCCCC)C(=O)CCl. The molecule has 0 bridgehead atoms. The van der Waals surface area contributed by atoms with Crippen molar-refractivity contribution >= 4 is 34.4 Å². The molecule has 3 nitrogen and oxygen atoms in total. The van der Waals surface area contributed by atoms with Gasteiger partial charge in [-0.05, 0) is 37.4 Å². The second kappa shape index (κ2) is 17.6. The number of rotatable bonds is 14. The second-order valence-corrected chi connectivity index (χ2v) is 7.69. The Kier molecular flexibility index (Phi) is 17.4. The Hall–Kier alpha value is -0.220. The number of nitrogens with zero attached hydrogens (tertiary/aromatic N) is 1. The standard InChI is InChI=1S/C19H37ClN2OS/c1-4-7-9-11-13-15-21-19(24-6-3)22(18(23)17-20)16-14-12-10-8-5-2/h4-17H2,1-3H3/p+1. The van der Waals surface area contributed by atoms with Gasteiger partial charge in [-0.1, -0.05) is 59.3 Å². The third-order valence-corrected chi connectivity index (χ3v) is 5.14. The molecule has 0 spiro atoms. The van der Waals surface area contributed by atoms with Crippen molar-refractivity contribution in [2.45, 2.75) is 85.0 Å². The number of nitrogens with one attached hydrogen (secondary N) is 1. The molecule has 5 heteroatoms. The van der Waals surface area contributed by atoms with Crippen molar-refractivity contribution in [3.05, 3.63) is 0 Å². The zero-order valence-electron chi connectivity index (χ0n) is 16.0. The fourth-order valence-corrected chi connectivity index (χ4v) is 3.54. The highest BCUT2D eigenvalue weighted by molar-refractivity contribution is 8.13. The van der Waals surface area contributed by atoms with E-state index in [0.717, 1.165) is 36.9 Å². The highest BCUT2D eigenvalue weighted by Crippen LogP contribution is 2.10. The van der Waals surface area contributed by atoms with Crippen molar-refractivity contribution in [1.82, 2.24) is 4.90 Å². The van der Waals surface area contributed by atoms with E-state index in [1.807, 2.05) is 4.90 Å². The van der Waals surface area contributed by atoms with Crippen LogP contribution in [0.5, 0.6) is 0 Å². The first-order valence-corrected chi connectivity index (χ1v) is 11.3. The summed E-state index contributed by atoms with van der Waals surface area (Å²) in [6.07, 6.45) is 12.3. The lowest BCUT2D eigenvalue weighted by atomic mass is 10.1. The number of unbranched alkanes of at least 4 members (excludes halogenated alkanes) is 8. The maximum atomic E-state index is 12.2. The molecule has 0 aliphatic heterocycles. The van der Waals surface area contributed by atoms with Crippen molar-refractivity contribution in [3.8, 4) is 0 Å². The molecule has 0 aromatic rings. The molecule has 0 unspecified atom stereocenters. The van der Waals surface area contributed by atoms with Crippen LogP contribution in [0.2, 0.25) is 0 Å². The number of carbonyl (C=O) groups is 1. The maximum Gasteiger partial charge on any atom is 0.324 e. The van der Waals surface area contributed by atoms with Crippen LogP contribution in [-0.4, -0.2) is 40.7 Å². The number of hydrogen-bond donors (Lipinski definition) is 1. The van der Waals surface area contributed by atoms with Gasteiger partial charge in [0.25, 0.3) is 0 Å². The molecule has 0 aliphatic rings. The van der Waals surface area contributed by atoms with Gasteiger partial charge in [-0.25, -0.2) is 4.79 Å². The average molecular weight is 378 g/mol. The fourth-order valence-electron chi connectivity index (χ4n) is 2.57. The molecule has 24 heavy (non-hydrogen) atoms. The fraction of sp³-hybridized carbons (Fsp3) is 0.895. The summed E-state index contributed by atoms with van der Waals surface area (Å²) in [5.41, 5.74) is 0. The summed E-state index contributed by atoms with van der Waals surface area (Å²) in [6.45, 7) is 8.29. The molecule has 0 saturated heterocycles. The summed E-state index contributed by atoms with van der Waals surface area (Å²) in [4.78, 5) is 17.6. The molecule has 142 valence electrons. The smallest absolute Gasteiger partial charge is 0.268 e. The van der Waals surface area contributed by atoms with Crippen molar-refractivity contribution in [2.24, 2.45) is 0 Å². The number of hydrogen-bond acceptors (Lipinski definition) is 2. The van der Waals surface area contributed by atoms with Gasteiger partial charge in [0.1, 0.15) is 5.88 Å². The number of amides is 1. The van der Waals surface area contributed by atoms with Crippen molar-refractivity contribution < 1.29 is 9.79 Å². The summed E-state index contributed by atoms with van der Waals surface area (Å²) in [5.74, 6) is 1.03. The molecule has 0 aliphatic carbocycles. The van der Waals surface area contributed by atoms with Crippen LogP contribution in [0.4, 0.5) is 0 Å². The van der Waals surface area contributed by atoms with Gasteiger partial charge in [0.2, 0.25) is 0 Å². The molecular formula is C19H38ClN2OS+. The van der Waals surface area contributed by atoms with Gasteiger partial charge in [-0.3, -0.25) is 4.99 Å². The van der Waals surface area contributed by atoms with E-state index in [1.54, 1.807) is 11.8 Å². The molecule has 0 fully saturated rings. The quantitative estimate of drug-likeness (QED) is 0.213. The van der Waals surface area contributed by atoms with Crippen LogP contribution >= 0.6 is 23.4 Å². The minimum Gasteiger partial charge on any atom is -0.268 e. The molecule has 0 heterocycles. The maximum absolute atomic E-state index is 12.2. The van der Waals surface area contributed by atoms with Crippen LogP contribution in [0, 0.1) is 0 Å². The number of alkyl halides is 1. The van der Waals surface area contributed by atoms with Gasteiger partial charge < -0.3 is 0 Å². The number of halogens is 1. The van der Waals surface area contributed by atoms with E-state index in [4.69, 9.17) is 11.6 Å². The van der Waals surface area contributed by atoms with Crippen molar-refractivity contribution in [2.75, 3.05) is 24.7 Å². The van der Waals surface area contributed by atoms with Gasteiger partial charge in [0, 0.05) is 5.75 Å². The predicted octanol–water partition coefficient (Wildman–Crippen LogP) is 4.18. The van der Waals surface area contributed by atoms with Crippen molar-refractivity contribution in [3.63, 3.8) is 0 Å². The van der Waals surface area contributed by atoms with Crippen LogP contribution in [0.15, 0.2) is 0 Å². The molecule has 1 N–H and O–H groups in total. The zero-order chi connectivity index (χ0) is 18.0. The second-order valence-electron chi connectivity index (χ2n) is 6.17. The molecule has 0 aromatic carbocycles. The minimum atomic E-state index is 0.0154. The first-order chi connectivity index (χ1) is 11.7. The van der Waals surface area contributed by atoms with Gasteiger partial charge in [0.15, 0.2) is 0 Å². The summed E-state index contributed by atoms with van der Waals surface area (Å²) in [7, 11) is 0. The van der Waals surface area contributed by atoms with E-state index in [0.29, 0.717) is 0 Å². The van der Waals surface area contributed by atoms with E-state index in [9.17, 15) is 4.79 Å². The Morgan fingerprint density at radius 3 is 2.04 bits per heavy atom. The zero-order valence-corrected chi connectivity index (χ0v) is 17.6. The Bertz CT molecular complexity index is 337. The Morgan fingerprint density at radius 2 is 1.50 bits per heavy atom. The highest BCUT2D eigenvalue weighted by Gasteiger charge is 2.26. The van der Waals surface area contributed by atoms with Gasteiger partial charge >= 0.3 is 11.1 Å². The van der Waals surface area contributed by atoms with Crippen LogP contribution in [0.1, 0.15) is 85.0 Å². The first kappa shape index (κ1) is 23.8. The van der Waals surface area contributed by atoms with Crippen LogP contribution in [-0.2, 0) is 4.79 Å². The summed E-state index contributed by atoms with van der Waals surface area (Å²) in [5, 5.41) is 0.995. The Labute approximate surface area is 159 Å². The molecule has 0 rings (SSSR count). The minimum absolute atomic E-state index is 0.0154. The van der Waals surface area contributed by atoms with Crippen LogP contribution < -0.4 is 4.99 Å². The summed E-state index contributed by atoms with van der Waals surface area (Å²) < 4.78 is 0. The lowest BCUT2D eigenvalue weighted by Gasteiger charge is -2.15. The lowest BCUT2D eigenvalue weighted by molar-refractivity contribution is -0.459. The van der Waals surface area contributed by atoms with E-state index in [-0.39, 0.29) is 11.8 Å². The molecule has 0 saturated carbocycles. The number of amidine groups is 1. The van der Waals surface area contributed by atoms with Crippen molar-refractivity contribution in [1.29, 1.82) is 0 Å². The van der Waals surface area contributed by atoms with E-state index in [2.05, 4.69) is 25.8 Å². The monoisotopic (exact) mass is 377 g/mol. The molecule has 0 radical (unpaired) electrons. The van der Waals surface area contributed by atoms with Crippen LogP contribution in [0.25, 0.3) is 0 Å². The molecule has 1 amide bonds. The van der Waals surface area contributed by atoms with E-state index >= 15 is 0 Å². The lowest BCUT2D eigenvalue weighted by Crippen LogP contribution is -2.76. The normalized spacial score (nSPS) is 11.8. The van der Waals surface area contributed by atoms with Gasteiger partial charge in [-0.15, -0.1) is 11.6 Å². The molecule has 0 aromatic heterocycles. The predicted molar refractivity (Wildman–Crippen MR) is 109 cm³/mol. The third-order valence-electron chi connectivity index (χ3n) is 3.98.